The van der Waals surface area contributed by atoms with Crippen molar-refractivity contribution in [1.29, 1.82) is 0 Å². The molecule has 3 rings (SSSR count). The average Bonchev–Trinajstić information content (AvgIpc) is 2.88. The lowest BCUT2D eigenvalue weighted by Gasteiger charge is -2.34. The number of benzene rings is 1. The third kappa shape index (κ3) is 5.06. The van der Waals surface area contributed by atoms with Crippen LogP contribution in [0.1, 0.15) is 50.3 Å². The molecule has 0 aromatic heterocycles. The molecule has 1 aromatic carbocycles. The molecule has 0 radical (unpaired) electrons. The number of nitrogens with one attached hydrogen (secondary N) is 2. The zero-order valence-corrected chi connectivity index (χ0v) is 17.6. The Morgan fingerprint density at radius 2 is 2.14 bits per heavy atom. The first-order valence-electron chi connectivity index (χ1n) is 9.97. The lowest BCUT2D eigenvalue weighted by Crippen LogP contribution is -2.46. The number of carbonyl (C=O) groups excluding carboxylic acids is 1. The Morgan fingerprint density at radius 3 is 2.79 bits per heavy atom. The standard InChI is InChI=1S/C19H29FN4O4S/c1-13(2)8-10-23-9-4-6-15(12-23)21-11-14-5-3-7-16(25)17(14)18-19(26)24(20)29(27,28)22-18/h3,5,7,13,15,18,21-22,25H,4,6,8-12H2,1-2H3/t15-,18?/m0/s1. The highest BCUT2D eigenvalue weighted by Crippen LogP contribution is 2.34. The maximum absolute atomic E-state index is 13.7. The molecule has 1 aromatic rings. The van der Waals surface area contributed by atoms with Gasteiger partial charge in [0, 0.05) is 24.7 Å². The molecule has 0 aliphatic carbocycles. The van der Waals surface area contributed by atoms with E-state index in [1.165, 1.54) is 6.07 Å². The summed E-state index contributed by atoms with van der Waals surface area (Å²) in [5.41, 5.74) is 0.641. The van der Waals surface area contributed by atoms with E-state index in [1.54, 1.807) is 12.1 Å². The van der Waals surface area contributed by atoms with Crippen molar-refractivity contribution in [2.45, 2.75) is 51.7 Å². The molecule has 3 N–H and O–H groups in total. The molecule has 1 amide bonds. The van der Waals surface area contributed by atoms with Crippen LogP contribution in [0.5, 0.6) is 5.75 Å². The van der Waals surface area contributed by atoms with E-state index in [1.807, 2.05) is 4.72 Å². The number of nitrogens with zero attached hydrogens (tertiary/aromatic N) is 2. The first-order valence-corrected chi connectivity index (χ1v) is 11.4. The summed E-state index contributed by atoms with van der Waals surface area (Å²) in [4.78, 5) is 14.5. The number of hydrogen-bond acceptors (Lipinski definition) is 6. The Bertz CT molecular complexity index is 849. The second-order valence-corrected chi connectivity index (χ2v) is 9.67. The van der Waals surface area contributed by atoms with E-state index < -0.39 is 26.7 Å². The SMILES string of the molecule is CC(C)CCN1CCC[C@H](NCc2cccc(O)c2C2NS(=O)(=O)N(F)C2=O)C1. The predicted molar refractivity (Wildman–Crippen MR) is 107 cm³/mol. The van der Waals surface area contributed by atoms with Crippen LogP contribution in [0.25, 0.3) is 0 Å². The summed E-state index contributed by atoms with van der Waals surface area (Å²) < 4.78 is 38.1. The normalized spacial score (nSPS) is 25.1. The zero-order chi connectivity index (χ0) is 21.2. The number of phenolic OH excluding ortho intramolecular Hbond substituents is 1. The second kappa shape index (κ2) is 8.95. The lowest BCUT2D eigenvalue weighted by atomic mass is 9.98. The summed E-state index contributed by atoms with van der Waals surface area (Å²) in [6.45, 7) is 7.80. The van der Waals surface area contributed by atoms with Crippen LogP contribution in [-0.4, -0.2) is 54.5 Å². The third-order valence-corrected chi connectivity index (χ3v) is 6.61. The molecule has 2 saturated heterocycles. The first kappa shape index (κ1) is 21.9. The quantitative estimate of drug-likeness (QED) is 0.570. The number of carbonyl (C=O) groups is 1. The van der Waals surface area contributed by atoms with Gasteiger partial charge in [-0.1, -0.05) is 35.0 Å². The van der Waals surface area contributed by atoms with E-state index in [4.69, 9.17) is 0 Å². The number of phenols is 1. The van der Waals surface area contributed by atoms with E-state index in [0.717, 1.165) is 38.9 Å². The van der Waals surface area contributed by atoms with Crippen molar-refractivity contribution < 1.29 is 22.8 Å². The molecular weight excluding hydrogens is 399 g/mol. The van der Waals surface area contributed by atoms with E-state index in [9.17, 15) is 22.8 Å². The van der Waals surface area contributed by atoms with Crippen molar-refractivity contribution in [3.8, 4) is 5.75 Å². The van der Waals surface area contributed by atoms with Gasteiger partial charge in [0.2, 0.25) is 0 Å². The van der Waals surface area contributed by atoms with Crippen LogP contribution in [0, 0.1) is 5.92 Å². The summed E-state index contributed by atoms with van der Waals surface area (Å²) >= 11 is 0. The molecule has 1 unspecified atom stereocenters. The minimum absolute atomic E-state index is 0.0844. The summed E-state index contributed by atoms with van der Waals surface area (Å²) in [5, 5.41) is 13.7. The first-order chi connectivity index (χ1) is 13.7. The number of aromatic hydroxyl groups is 1. The highest BCUT2D eigenvalue weighted by molar-refractivity contribution is 7.88. The predicted octanol–water partition coefficient (Wildman–Crippen LogP) is 1.59. The van der Waals surface area contributed by atoms with Gasteiger partial charge in [-0.05, 0) is 49.9 Å². The van der Waals surface area contributed by atoms with Crippen molar-refractivity contribution >= 4 is 16.1 Å². The molecule has 0 saturated carbocycles. The molecule has 8 nitrogen and oxygen atoms in total. The summed E-state index contributed by atoms with van der Waals surface area (Å²) in [6.07, 6.45) is 3.24. The van der Waals surface area contributed by atoms with Crippen LogP contribution in [0.4, 0.5) is 4.48 Å². The molecular formula is C19H29FN4O4S. The van der Waals surface area contributed by atoms with Gasteiger partial charge in [0.05, 0.1) is 0 Å². The van der Waals surface area contributed by atoms with E-state index in [-0.39, 0.29) is 17.4 Å². The highest BCUT2D eigenvalue weighted by atomic mass is 32.2. The molecule has 2 fully saturated rings. The van der Waals surface area contributed by atoms with Crippen LogP contribution in [0.2, 0.25) is 0 Å². The van der Waals surface area contributed by atoms with Gasteiger partial charge in [0.1, 0.15) is 11.8 Å². The summed E-state index contributed by atoms with van der Waals surface area (Å²) in [5.74, 6) is -0.853. The highest BCUT2D eigenvalue weighted by Gasteiger charge is 2.46. The van der Waals surface area contributed by atoms with Crippen LogP contribution < -0.4 is 10.0 Å². The Balaban J connectivity index is 1.69. The monoisotopic (exact) mass is 428 g/mol. The van der Waals surface area contributed by atoms with Gasteiger partial charge < -0.3 is 15.3 Å². The van der Waals surface area contributed by atoms with Crippen molar-refractivity contribution in [1.82, 2.24) is 19.5 Å². The third-order valence-electron chi connectivity index (χ3n) is 5.47. The second-order valence-electron chi connectivity index (χ2n) is 8.16. The minimum Gasteiger partial charge on any atom is -0.508 e. The lowest BCUT2D eigenvalue weighted by molar-refractivity contribution is -0.135. The number of hydrogen-bond donors (Lipinski definition) is 3. The molecule has 2 aliphatic heterocycles. The number of piperidine rings is 1. The van der Waals surface area contributed by atoms with Gasteiger partial charge in [0.15, 0.2) is 0 Å². The molecule has 2 heterocycles. The van der Waals surface area contributed by atoms with Crippen molar-refractivity contribution in [2.24, 2.45) is 5.92 Å². The molecule has 29 heavy (non-hydrogen) atoms. The minimum atomic E-state index is -4.53. The van der Waals surface area contributed by atoms with Crippen molar-refractivity contribution in [3.63, 3.8) is 0 Å². The molecule has 0 bridgehead atoms. The van der Waals surface area contributed by atoms with Gasteiger partial charge >= 0.3 is 10.2 Å². The van der Waals surface area contributed by atoms with Crippen LogP contribution in [-0.2, 0) is 21.5 Å². The van der Waals surface area contributed by atoms with Gasteiger partial charge in [-0.2, -0.15) is 13.1 Å². The van der Waals surface area contributed by atoms with Crippen LogP contribution >= 0.6 is 0 Å². The van der Waals surface area contributed by atoms with Crippen LogP contribution in [0.3, 0.4) is 0 Å². The van der Waals surface area contributed by atoms with E-state index in [0.29, 0.717) is 18.0 Å². The molecule has 0 spiro atoms. The average molecular weight is 429 g/mol. The fourth-order valence-corrected chi connectivity index (χ4v) is 4.81. The van der Waals surface area contributed by atoms with E-state index in [2.05, 4.69) is 24.1 Å². The van der Waals surface area contributed by atoms with Gasteiger partial charge in [-0.15, -0.1) is 0 Å². The molecule has 162 valence electrons. The summed E-state index contributed by atoms with van der Waals surface area (Å²) in [6, 6.07) is 3.45. The molecule has 10 heteroatoms. The fourth-order valence-electron chi connectivity index (χ4n) is 3.86. The largest absolute Gasteiger partial charge is 0.508 e. The van der Waals surface area contributed by atoms with Crippen LogP contribution in [0.15, 0.2) is 18.2 Å². The smallest absolute Gasteiger partial charge is 0.332 e. The molecule has 2 aliphatic rings. The Morgan fingerprint density at radius 1 is 1.38 bits per heavy atom. The maximum atomic E-state index is 13.7. The number of likely N-dealkylation sites (tertiary alicyclic amines) is 1. The zero-order valence-electron chi connectivity index (χ0n) is 16.8. The Hall–Kier alpha value is -1.75. The Labute approximate surface area is 171 Å². The van der Waals surface area contributed by atoms with Gasteiger partial charge in [0.25, 0.3) is 5.91 Å². The van der Waals surface area contributed by atoms with Gasteiger partial charge in [-0.3, -0.25) is 4.79 Å². The maximum Gasteiger partial charge on any atom is 0.332 e. The fraction of sp³-hybridized carbons (Fsp3) is 0.632. The van der Waals surface area contributed by atoms with Crippen molar-refractivity contribution in [3.05, 3.63) is 29.3 Å². The van der Waals surface area contributed by atoms with E-state index >= 15 is 0 Å². The number of rotatable bonds is 7. The number of halogens is 1. The number of amides is 1. The van der Waals surface area contributed by atoms with Crippen molar-refractivity contribution in [2.75, 3.05) is 19.6 Å². The topological polar surface area (TPSA) is 102 Å². The Kier molecular flexibility index (Phi) is 6.77. The summed E-state index contributed by atoms with van der Waals surface area (Å²) in [7, 11) is -4.53. The van der Waals surface area contributed by atoms with Gasteiger partial charge in [-0.25, -0.2) is 0 Å². The molecule has 2 atom stereocenters.